The summed E-state index contributed by atoms with van der Waals surface area (Å²) in [6.45, 7) is 1.86. The van der Waals surface area contributed by atoms with Gasteiger partial charge < -0.3 is 4.74 Å². The Hall–Kier alpha value is -4.33. The zero-order chi connectivity index (χ0) is 31.9. The standard InChI is InChI=1S/C32H27F3N4O4S2/c1-2-43-31(40)28-17-44-32(37-28)39-30(21-9-10-25(34)23(16-21)20-4-3-5-22(33)15-20)24(27(38-39)14-18-6-7-18)12-19-8-11-29(26(35)13-19)45(36,41)42/h3-5,8-11,13,15-18H,2,6-7,12,14H2,1H3,(H2,36,41,42). The van der Waals surface area contributed by atoms with Gasteiger partial charge in [0, 0.05) is 28.5 Å². The van der Waals surface area contributed by atoms with E-state index in [1.54, 1.807) is 35.2 Å². The van der Waals surface area contributed by atoms with Crippen molar-refractivity contribution in [2.75, 3.05) is 6.61 Å². The van der Waals surface area contributed by atoms with Crippen LogP contribution in [0.15, 0.2) is 70.9 Å². The minimum Gasteiger partial charge on any atom is -0.461 e. The number of hydrogen-bond acceptors (Lipinski definition) is 7. The number of carbonyl (C=O) groups is 1. The molecular weight excluding hydrogens is 626 g/mol. The molecule has 0 saturated heterocycles. The van der Waals surface area contributed by atoms with Crippen LogP contribution in [0.3, 0.4) is 0 Å². The predicted octanol–water partition coefficient (Wildman–Crippen LogP) is 6.45. The van der Waals surface area contributed by atoms with Crippen LogP contribution in [0, 0.1) is 23.4 Å². The number of nitrogens with zero attached hydrogens (tertiary/aromatic N) is 3. The summed E-state index contributed by atoms with van der Waals surface area (Å²) in [6, 6.07) is 13.8. The number of primary sulfonamides is 1. The van der Waals surface area contributed by atoms with Crippen LogP contribution < -0.4 is 5.14 Å². The molecule has 13 heteroatoms. The number of halogens is 3. The molecule has 2 N–H and O–H groups in total. The van der Waals surface area contributed by atoms with Crippen LogP contribution in [0.25, 0.3) is 27.5 Å². The van der Waals surface area contributed by atoms with Crippen molar-refractivity contribution in [3.8, 4) is 27.5 Å². The van der Waals surface area contributed by atoms with Crippen LogP contribution in [0.5, 0.6) is 0 Å². The molecular formula is C32H27F3N4O4S2. The molecule has 1 aliphatic carbocycles. The van der Waals surface area contributed by atoms with E-state index in [4.69, 9.17) is 15.0 Å². The van der Waals surface area contributed by atoms with Crippen molar-refractivity contribution >= 4 is 27.3 Å². The number of esters is 1. The third-order valence-corrected chi connectivity index (χ3v) is 9.22. The first-order valence-electron chi connectivity index (χ1n) is 14.1. The number of nitrogens with two attached hydrogens (primary N) is 1. The van der Waals surface area contributed by atoms with E-state index in [1.807, 2.05) is 0 Å². The second-order valence-corrected chi connectivity index (χ2v) is 13.1. The fourth-order valence-corrected chi connectivity index (χ4v) is 6.51. The highest BCUT2D eigenvalue weighted by Crippen LogP contribution is 2.39. The second-order valence-electron chi connectivity index (χ2n) is 10.8. The van der Waals surface area contributed by atoms with Gasteiger partial charge in [0.15, 0.2) is 5.69 Å². The lowest BCUT2D eigenvalue weighted by Gasteiger charge is -2.12. The second kappa shape index (κ2) is 12.2. The molecule has 6 rings (SSSR count). The van der Waals surface area contributed by atoms with Gasteiger partial charge in [0.1, 0.15) is 22.3 Å². The normalized spacial score (nSPS) is 13.3. The fraction of sp³-hybridized carbons (Fsp3) is 0.219. The van der Waals surface area contributed by atoms with Crippen LogP contribution in [0.4, 0.5) is 13.2 Å². The maximum atomic E-state index is 15.2. The molecule has 0 bridgehead atoms. The number of aromatic nitrogens is 3. The Labute approximate surface area is 261 Å². The highest BCUT2D eigenvalue weighted by molar-refractivity contribution is 7.89. The van der Waals surface area contributed by atoms with Gasteiger partial charge in [-0.05, 0) is 85.7 Å². The summed E-state index contributed by atoms with van der Waals surface area (Å²) < 4.78 is 74.6. The predicted molar refractivity (Wildman–Crippen MR) is 163 cm³/mol. The zero-order valence-corrected chi connectivity index (χ0v) is 25.6. The van der Waals surface area contributed by atoms with E-state index in [0.717, 1.165) is 25.0 Å². The van der Waals surface area contributed by atoms with Crippen molar-refractivity contribution < 1.29 is 31.1 Å². The molecule has 1 fully saturated rings. The molecule has 1 saturated carbocycles. The molecule has 0 atom stereocenters. The Morgan fingerprint density at radius 3 is 2.53 bits per heavy atom. The summed E-state index contributed by atoms with van der Waals surface area (Å²) >= 11 is 1.17. The van der Waals surface area contributed by atoms with E-state index < -0.39 is 38.3 Å². The molecule has 232 valence electrons. The number of benzene rings is 3. The smallest absolute Gasteiger partial charge is 0.357 e. The maximum absolute atomic E-state index is 15.2. The van der Waals surface area contributed by atoms with Crippen LogP contribution >= 0.6 is 11.3 Å². The lowest BCUT2D eigenvalue weighted by molar-refractivity contribution is 0.0520. The lowest BCUT2D eigenvalue weighted by atomic mass is 9.94. The van der Waals surface area contributed by atoms with E-state index in [1.165, 1.54) is 41.7 Å². The first-order chi connectivity index (χ1) is 21.5. The number of carbonyl (C=O) groups excluding carboxylic acids is 1. The number of thiazole rings is 1. The number of hydrogen-bond donors (Lipinski definition) is 1. The monoisotopic (exact) mass is 652 g/mol. The van der Waals surface area contributed by atoms with Gasteiger partial charge in [0.25, 0.3) is 0 Å². The highest BCUT2D eigenvalue weighted by Gasteiger charge is 2.29. The Morgan fingerprint density at radius 2 is 1.84 bits per heavy atom. The number of ether oxygens (including phenoxy) is 1. The summed E-state index contributed by atoms with van der Waals surface area (Å²) in [5, 5.41) is 12.0. The average molecular weight is 653 g/mol. The van der Waals surface area contributed by atoms with Gasteiger partial charge in [0.05, 0.1) is 18.0 Å². The molecule has 5 aromatic rings. The van der Waals surface area contributed by atoms with E-state index >= 15 is 4.39 Å². The first-order valence-corrected chi connectivity index (χ1v) is 16.5. The molecule has 0 spiro atoms. The number of sulfonamides is 1. The summed E-state index contributed by atoms with van der Waals surface area (Å²) in [4.78, 5) is 16.3. The largest absolute Gasteiger partial charge is 0.461 e. The van der Waals surface area contributed by atoms with Gasteiger partial charge >= 0.3 is 5.97 Å². The van der Waals surface area contributed by atoms with Crippen molar-refractivity contribution in [1.29, 1.82) is 0 Å². The average Bonchev–Trinajstić information content (AvgIpc) is 3.54. The fourth-order valence-electron chi connectivity index (χ4n) is 5.18. The van der Waals surface area contributed by atoms with Gasteiger partial charge in [-0.15, -0.1) is 11.3 Å². The zero-order valence-electron chi connectivity index (χ0n) is 24.0. The summed E-state index contributed by atoms with van der Waals surface area (Å²) in [5.41, 5.74) is 3.48. The Balaban J connectivity index is 1.55. The SMILES string of the molecule is CCOC(=O)c1csc(-n2nc(CC3CC3)c(Cc3ccc(S(N)(=O)=O)c(F)c3)c2-c2ccc(F)c(-c3cccc(F)c3)c2)n1. The lowest BCUT2D eigenvalue weighted by Crippen LogP contribution is -2.14. The van der Waals surface area contributed by atoms with E-state index in [2.05, 4.69) is 4.98 Å². The third kappa shape index (κ3) is 6.56. The molecule has 2 aromatic heterocycles. The highest BCUT2D eigenvalue weighted by atomic mass is 32.2. The molecule has 45 heavy (non-hydrogen) atoms. The molecule has 3 aromatic carbocycles. The summed E-state index contributed by atoms with van der Waals surface area (Å²) in [6.07, 6.45) is 2.79. The van der Waals surface area contributed by atoms with Crippen LogP contribution in [-0.4, -0.2) is 35.8 Å². The Bertz CT molecular complexity index is 2040. The molecule has 2 heterocycles. The van der Waals surface area contributed by atoms with Crippen LogP contribution in [-0.2, 0) is 27.6 Å². The summed E-state index contributed by atoms with van der Waals surface area (Å²) in [5.74, 6) is -2.26. The van der Waals surface area contributed by atoms with Gasteiger partial charge in [-0.1, -0.05) is 18.2 Å². The van der Waals surface area contributed by atoms with E-state index in [-0.39, 0.29) is 24.3 Å². The Kier molecular flexibility index (Phi) is 8.33. The van der Waals surface area contributed by atoms with Crippen molar-refractivity contribution in [2.24, 2.45) is 11.1 Å². The molecule has 0 unspecified atom stereocenters. The minimum atomic E-state index is -4.27. The van der Waals surface area contributed by atoms with Crippen molar-refractivity contribution in [3.05, 3.63) is 106 Å². The maximum Gasteiger partial charge on any atom is 0.357 e. The van der Waals surface area contributed by atoms with Gasteiger partial charge in [-0.2, -0.15) is 5.10 Å². The van der Waals surface area contributed by atoms with Crippen molar-refractivity contribution in [1.82, 2.24) is 14.8 Å². The Morgan fingerprint density at radius 1 is 1.04 bits per heavy atom. The van der Waals surface area contributed by atoms with Crippen molar-refractivity contribution in [3.63, 3.8) is 0 Å². The first kappa shape index (κ1) is 30.7. The topological polar surface area (TPSA) is 117 Å². The molecule has 0 aliphatic heterocycles. The van der Waals surface area contributed by atoms with Crippen LogP contribution in [0.1, 0.15) is 47.1 Å². The molecule has 1 aliphatic rings. The molecule has 0 radical (unpaired) electrons. The quantitative estimate of drug-likeness (QED) is 0.174. The molecule has 0 amide bonds. The van der Waals surface area contributed by atoms with Gasteiger partial charge in [-0.25, -0.2) is 41.2 Å². The minimum absolute atomic E-state index is 0.101. The number of rotatable bonds is 10. The van der Waals surface area contributed by atoms with Crippen LogP contribution in [0.2, 0.25) is 0 Å². The van der Waals surface area contributed by atoms with Gasteiger partial charge in [0.2, 0.25) is 15.2 Å². The molecule has 8 nitrogen and oxygen atoms in total. The van der Waals surface area contributed by atoms with Crippen molar-refractivity contribution in [2.45, 2.75) is 37.5 Å². The van der Waals surface area contributed by atoms with Gasteiger partial charge in [-0.3, -0.25) is 0 Å². The third-order valence-electron chi connectivity index (χ3n) is 7.46. The van der Waals surface area contributed by atoms with E-state index in [9.17, 15) is 22.0 Å². The summed E-state index contributed by atoms with van der Waals surface area (Å²) in [7, 11) is -4.27. The van der Waals surface area contributed by atoms with E-state index in [0.29, 0.717) is 51.1 Å².